The van der Waals surface area contributed by atoms with Crippen LogP contribution < -0.4 is 30.4 Å². The minimum Gasteiger partial charge on any atom is -0.480 e. The Balaban J connectivity index is 1.32. The third kappa shape index (κ3) is 4.24. The van der Waals surface area contributed by atoms with Crippen LogP contribution in [0.1, 0.15) is 40.4 Å². The summed E-state index contributed by atoms with van der Waals surface area (Å²) in [6, 6.07) is 11.6. The van der Waals surface area contributed by atoms with Crippen molar-refractivity contribution in [3.05, 3.63) is 92.4 Å². The summed E-state index contributed by atoms with van der Waals surface area (Å²) in [5.41, 5.74) is -0.820. The smallest absolute Gasteiger partial charge is 0.314 e. The van der Waals surface area contributed by atoms with Gasteiger partial charge in [-0.1, -0.05) is 41.9 Å². The highest BCUT2D eigenvalue weighted by Crippen LogP contribution is 2.55. The number of rotatable bonds is 5. The van der Waals surface area contributed by atoms with E-state index in [-0.39, 0.29) is 63.2 Å². The maximum absolute atomic E-state index is 17.0. The summed E-state index contributed by atoms with van der Waals surface area (Å²) in [6.07, 6.45) is 3.22. The quantitative estimate of drug-likeness (QED) is 0.266. The molecular weight excluding hydrogens is 622 g/mol. The highest BCUT2D eigenvalue weighted by atomic mass is 35.5. The van der Waals surface area contributed by atoms with E-state index in [9.17, 15) is 9.59 Å². The average Bonchev–Trinajstić information content (AvgIpc) is 3.72. The van der Waals surface area contributed by atoms with Crippen molar-refractivity contribution in [2.45, 2.75) is 36.9 Å². The summed E-state index contributed by atoms with van der Waals surface area (Å²) in [4.78, 5) is 26.6. The third-order valence-electron chi connectivity index (χ3n) is 9.13. The summed E-state index contributed by atoms with van der Waals surface area (Å²) < 4.78 is 57.5. The predicted octanol–water partition coefficient (Wildman–Crippen LogP) is 5.25. The van der Waals surface area contributed by atoms with Crippen LogP contribution >= 0.6 is 11.6 Å². The fourth-order valence-electron chi connectivity index (χ4n) is 6.81. The minimum absolute atomic E-state index is 0.0421. The molecule has 4 aliphatic heterocycles. The van der Waals surface area contributed by atoms with Crippen LogP contribution in [0.2, 0.25) is 5.02 Å². The van der Waals surface area contributed by atoms with Crippen LogP contribution in [0.4, 0.5) is 8.78 Å². The standard InChI is InChI=1S/C33H27ClF2N4O6/c1-37-31(41)18-10-22-29(45-30-23(44-22)13-39-40(32(30)42)17-14-43-15-17)28(36)26(18)25-19-12-33(24-8-5-9-38-24,16-6-3-2-4-7-16)46-21(19)11-20(35)27(25)34/h2-4,6-7,10-11,13,17,24,38H,5,8-9,12,14-15H2,1H3,(H,37,41)/t24-,33-/m0/s1. The molecule has 46 heavy (non-hydrogen) atoms. The number of hydrogen-bond donors (Lipinski definition) is 2. The number of ether oxygens (including phenoxy) is 4. The van der Waals surface area contributed by atoms with Gasteiger partial charge in [0.1, 0.15) is 17.6 Å². The van der Waals surface area contributed by atoms with Crippen LogP contribution in [0.3, 0.4) is 0 Å². The van der Waals surface area contributed by atoms with Gasteiger partial charge in [-0.2, -0.15) is 5.10 Å². The number of aromatic nitrogens is 2. The molecule has 2 N–H and O–H groups in total. The molecule has 10 nitrogen and oxygen atoms in total. The molecule has 2 saturated heterocycles. The van der Waals surface area contributed by atoms with Gasteiger partial charge in [0.05, 0.1) is 36.0 Å². The van der Waals surface area contributed by atoms with E-state index in [2.05, 4.69) is 15.7 Å². The Morgan fingerprint density at radius 3 is 2.59 bits per heavy atom. The van der Waals surface area contributed by atoms with Crippen molar-refractivity contribution < 1.29 is 32.5 Å². The van der Waals surface area contributed by atoms with Gasteiger partial charge in [-0.05, 0) is 31.0 Å². The molecular formula is C33H27ClF2N4O6. The van der Waals surface area contributed by atoms with Crippen molar-refractivity contribution in [1.29, 1.82) is 0 Å². The molecule has 2 fully saturated rings. The van der Waals surface area contributed by atoms with Crippen LogP contribution in [0.5, 0.6) is 28.7 Å². The lowest BCUT2D eigenvalue weighted by Gasteiger charge is -2.35. The Kier molecular flexibility index (Phi) is 6.78. The van der Waals surface area contributed by atoms with Gasteiger partial charge >= 0.3 is 5.56 Å². The lowest BCUT2D eigenvalue weighted by Crippen LogP contribution is -2.48. The molecule has 0 unspecified atom stereocenters. The van der Waals surface area contributed by atoms with E-state index < -0.39 is 34.5 Å². The van der Waals surface area contributed by atoms with Crippen molar-refractivity contribution in [3.63, 3.8) is 0 Å². The first-order chi connectivity index (χ1) is 22.3. The lowest BCUT2D eigenvalue weighted by atomic mass is 9.80. The number of nitrogens with one attached hydrogen (secondary N) is 2. The van der Waals surface area contributed by atoms with Gasteiger partial charge < -0.3 is 29.6 Å². The molecule has 0 bridgehead atoms. The molecule has 8 rings (SSSR count). The maximum Gasteiger partial charge on any atom is 0.314 e. The number of carbonyl (C=O) groups is 1. The van der Waals surface area contributed by atoms with Crippen LogP contribution in [-0.4, -0.2) is 48.5 Å². The number of amides is 1. The van der Waals surface area contributed by atoms with Crippen LogP contribution in [0.25, 0.3) is 11.1 Å². The summed E-state index contributed by atoms with van der Waals surface area (Å²) in [5.74, 6) is -3.32. The van der Waals surface area contributed by atoms with E-state index >= 15 is 8.78 Å². The second-order valence-corrected chi connectivity index (χ2v) is 12.1. The molecule has 3 aromatic carbocycles. The Labute approximate surface area is 266 Å². The van der Waals surface area contributed by atoms with Gasteiger partial charge in [-0.15, -0.1) is 0 Å². The molecule has 0 aliphatic carbocycles. The first-order valence-electron chi connectivity index (χ1n) is 14.9. The van der Waals surface area contributed by atoms with E-state index in [4.69, 9.17) is 30.5 Å². The largest absolute Gasteiger partial charge is 0.480 e. The SMILES string of the molecule is CNC(=O)c1cc2c(c(F)c1-c1c(Cl)c(F)cc3c1C[C@](c1ccccc1)([C@@H]1CCCN1)O3)Oc1c(cnn(C3COC3)c1=O)O2. The number of fused-ring (bicyclic) bond motifs is 3. The molecule has 0 saturated carbocycles. The van der Waals surface area contributed by atoms with E-state index in [1.165, 1.54) is 30.1 Å². The Hall–Kier alpha value is -4.52. The number of benzene rings is 3. The zero-order chi connectivity index (χ0) is 31.7. The van der Waals surface area contributed by atoms with Crippen molar-refractivity contribution >= 4 is 17.5 Å². The second-order valence-electron chi connectivity index (χ2n) is 11.7. The summed E-state index contributed by atoms with van der Waals surface area (Å²) >= 11 is 6.68. The van der Waals surface area contributed by atoms with Crippen LogP contribution in [0, 0.1) is 11.6 Å². The average molecular weight is 649 g/mol. The number of hydrogen-bond acceptors (Lipinski definition) is 8. The molecule has 13 heteroatoms. The third-order valence-corrected chi connectivity index (χ3v) is 9.50. The summed E-state index contributed by atoms with van der Waals surface area (Å²) in [5, 5.41) is 9.80. The molecule has 236 valence electrons. The minimum atomic E-state index is -1.05. The highest BCUT2D eigenvalue weighted by molar-refractivity contribution is 6.34. The number of halogens is 3. The van der Waals surface area contributed by atoms with Gasteiger partial charge in [-0.25, -0.2) is 13.5 Å². The predicted molar refractivity (Wildman–Crippen MR) is 162 cm³/mol. The zero-order valence-electron chi connectivity index (χ0n) is 24.5. The first-order valence-corrected chi connectivity index (χ1v) is 15.3. The van der Waals surface area contributed by atoms with Gasteiger partial charge in [0, 0.05) is 36.2 Å². The first kappa shape index (κ1) is 28.9. The van der Waals surface area contributed by atoms with Crippen LogP contribution in [-0.2, 0) is 16.8 Å². The monoisotopic (exact) mass is 648 g/mol. The molecule has 5 heterocycles. The molecule has 4 aromatic rings. The van der Waals surface area contributed by atoms with Crippen molar-refractivity contribution in [2.24, 2.45) is 0 Å². The summed E-state index contributed by atoms with van der Waals surface area (Å²) in [6.45, 7) is 1.37. The maximum atomic E-state index is 17.0. The van der Waals surface area contributed by atoms with Gasteiger partial charge in [0.2, 0.25) is 11.5 Å². The van der Waals surface area contributed by atoms with E-state index in [0.717, 1.165) is 24.9 Å². The fraction of sp³-hybridized carbons (Fsp3) is 0.303. The number of nitrogens with zero attached hydrogens (tertiary/aromatic N) is 2. The molecule has 1 aromatic heterocycles. The summed E-state index contributed by atoms with van der Waals surface area (Å²) in [7, 11) is 1.39. The van der Waals surface area contributed by atoms with E-state index in [1.54, 1.807) is 0 Å². The van der Waals surface area contributed by atoms with Crippen molar-refractivity contribution in [2.75, 3.05) is 26.8 Å². The van der Waals surface area contributed by atoms with Gasteiger partial charge in [0.15, 0.2) is 22.9 Å². The highest BCUT2D eigenvalue weighted by Gasteiger charge is 2.50. The second kappa shape index (κ2) is 10.8. The Morgan fingerprint density at radius 1 is 1.09 bits per heavy atom. The van der Waals surface area contributed by atoms with Gasteiger partial charge in [0.25, 0.3) is 5.91 Å². The lowest BCUT2D eigenvalue weighted by molar-refractivity contribution is -0.0312. The fourth-order valence-corrected chi connectivity index (χ4v) is 7.07. The number of carbonyl (C=O) groups excluding carboxylic acids is 1. The topological polar surface area (TPSA) is 113 Å². The molecule has 1 amide bonds. The van der Waals surface area contributed by atoms with Crippen LogP contribution in [0.15, 0.2) is 53.5 Å². The Bertz CT molecular complexity index is 1980. The van der Waals surface area contributed by atoms with Crippen molar-refractivity contribution in [1.82, 2.24) is 20.4 Å². The normalized spacial score (nSPS) is 21.3. The van der Waals surface area contributed by atoms with E-state index in [0.29, 0.717) is 18.8 Å². The molecule has 2 atom stereocenters. The van der Waals surface area contributed by atoms with Crippen molar-refractivity contribution in [3.8, 4) is 39.9 Å². The zero-order valence-corrected chi connectivity index (χ0v) is 25.2. The Morgan fingerprint density at radius 2 is 1.89 bits per heavy atom. The molecule has 4 aliphatic rings. The molecule has 0 radical (unpaired) electrons. The molecule has 0 spiro atoms. The van der Waals surface area contributed by atoms with Gasteiger partial charge in [-0.3, -0.25) is 9.59 Å². The van der Waals surface area contributed by atoms with E-state index in [1.807, 2.05) is 30.3 Å².